The van der Waals surface area contributed by atoms with Gasteiger partial charge in [0.25, 0.3) is 0 Å². The summed E-state index contributed by atoms with van der Waals surface area (Å²) < 4.78 is 2.23. The summed E-state index contributed by atoms with van der Waals surface area (Å²) in [6.45, 7) is 2.21. The SMILES string of the molecule is C[C@@H](/C=C\c1ccc(Br)cc1)c1ccc(Br)cc1. The summed E-state index contributed by atoms with van der Waals surface area (Å²) in [6, 6.07) is 16.8. The lowest BCUT2D eigenvalue weighted by Crippen LogP contribution is -1.88. The predicted molar refractivity (Wildman–Crippen MR) is 85.7 cm³/mol. The molecule has 2 aromatic carbocycles. The molecule has 0 spiro atoms. The third-order valence-corrected chi connectivity index (χ3v) is 3.90. The molecule has 0 aliphatic rings. The molecule has 2 heteroatoms. The van der Waals surface area contributed by atoms with Crippen LogP contribution >= 0.6 is 31.9 Å². The van der Waals surface area contributed by atoms with E-state index in [-0.39, 0.29) is 0 Å². The van der Waals surface area contributed by atoms with Crippen molar-refractivity contribution in [2.24, 2.45) is 0 Å². The van der Waals surface area contributed by atoms with Crippen LogP contribution in [-0.2, 0) is 0 Å². The molecule has 0 nitrogen and oxygen atoms in total. The summed E-state index contributed by atoms with van der Waals surface area (Å²) in [5.41, 5.74) is 2.55. The Hall–Kier alpha value is -0.860. The van der Waals surface area contributed by atoms with Gasteiger partial charge in [-0.25, -0.2) is 0 Å². The number of hydrogen-bond donors (Lipinski definition) is 0. The van der Waals surface area contributed by atoms with Crippen LogP contribution in [0.25, 0.3) is 6.08 Å². The van der Waals surface area contributed by atoms with Crippen LogP contribution in [-0.4, -0.2) is 0 Å². The first-order valence-electron chi connectivity index (χ1n) is 5.84. The van der Waals surface area contributed by atoms with Gasteiger partial charge in [0.2, 0.25) is 0 Å². The normalized spacial score (nSPS) is 12.8. The lowest BCUT2D eigenvalue weighted by molar-refractivity contribution is 0.972. The van der Waals surface area contributed by atoms with Gasteiger partial charge in [-0.1, -0.05) is 75.2 Å². The Morgan fingerprint density at radius 3 is 1.89 bits per heavy atom. The van der Waals surface area contributed by atoms with Crippen molar-refractivity contribution >= 4 is 37.9 Å². The quantitative estimate of drug-likeness (QED) is 0.623. The summed E-state index contributed by atoms with van der Waals surface area (Å²) in [5, 5.41) is 0. The van der Waals surface area contributed by atoms with E-state index < -0.39 is 0 Å². The Morgan fingerprint density at radius 2 is 1.33 bits per heavy atom. The maximum atomic E-state index is 3.45. The zero-order valence-corrected chi connectivity index (χ0v) is 13.3. The number of rotatable bonds is 3. The van der Waals surface area contributed by atoms with Crippen LogP contribution in [0.15, 0.2) is 63.6 Å². The van der Waals surface area contributed by atoms with E-state index in [2.05, 4.69) is 99.5 Å². The molecule has 2 rings (SSSR count). The van der Waals surface area contributed by atoms with E-state index in [1.54, 1.807) is 0 Å². The Balaban J connectivity index is 2.08. The number of hydrogen-bond acceptors (Lipinski definition) is 0. The highest BCUT2D eigenvalue weighted by atomic mass is 79.9. The molecule has 0 saturated heterocycles. The largest absolute Gasteiger partial charge is 0.0767 e. The summed E-state index contributed by atoms with van der Waals surface area (Å²) in [4.78, 5) is 0. The van der Waals surface area contributed by atoms with Gasteiger partial charge in [0.05, 0.1) is 0 Å². The molecular weight excluding hydrogens is 352 g/mol. The molecule has 0 aliphatic carbocycles. The zero-order chi connectivity index (χ0) is 13.0. The van der Waals surface area contributed by atoms with E-state index in [0.29, 0.717) is 5.92 Å². The third kappa shape index (κ3) is 3.82. The van der Waals surface area contributed by atoms with Gasteiger partial charge in [0.1, 0.15) is 0 Å². The summed E-state index contributed by atoms with van der Waals surface area (Å²) >= 11 is 6.89. The molecule has 0 bridgehead atoms. The van der Waals surface area contributed by atoms with E-state index in [0.717, 1.165) is 8.95 Å². The molecule has 2 aromatic rings. The Kier molecular flexibility index (Phi) is 4.79. The van der Waals surface area contributed by atoms with Crippen molar-refractivity contribution in [1.29, 1.82) is 0 Å². The van der Waals surface area contributed by atoms with E-state index in [1.165, 1.54) is 11.1 Å². The molecule has 0 unspecified atom stereocenters. The number of benzene rings is 2. The minimum Gasteiger partial charge on any atom is -0.0767 e. The lowest BCUT2D eigenvalue weighted by Gasteiger charge is -2.06. The van der Waals surface area contributed by atoms with Crippen LogP contribution in [0.5, 0.6) is 0 Å². The molecule has 0 aromatic heterocycles. The average molecular weight is 366 g/mol. The van der Waals surface area contributed by atoms with Crippen LogP contribution in [0.3, 0.4) is 0 Å². The Bertz CT molecular complexity index is 524. The standard InChI is InChI=1S/C16H14Br2/c1-12(14-6-10-16(18)11-7-14)2-3-13-4-8-15(17)9-5-13/h2-12H,1H3/b3-2-/t12-/m0/s1. The van der Waals surface area contributed by atoms with Crippen molar-refractivity contribution < 1.29 is 0 Å². The van der Waals surface area contributed by atoms with Crippen LogP contribution in [0.2, 0.25) is 0 Å². The summed E-state index contributed by atoms with van der Waals surface area (Å²) in [7, 11) is 0. The second kappa shape index (κ2) is 6.35. The van der Waals surface area contributed by atoms with Crippen LogP contribution in [0.1, 0.15) is 24.0 Å². The highest BCUT2D eigenvalue weighted by Crippen LogP contribution is 2.21. The smallest absolute Gasteiger partial charge is 0.0175 e. The Morgan fingerprint density at radius 1 is 0.833 bits per heavy atom. The van der Waals surface area contributed by atoms with Gasteiger partial charge >= 0.3 is 0 Å². The summed E-state index contributed by atoms with van der Waals surface area (Å²) in [5.74, 6) is 0.418. The van der Waals surface area contributed by atoms with Gasteiger partial charge in [-0.2, -0.15) is 0 Å². The van der Waals surface area contributed by atoms with Gasteiger partial charge in [-0.15, -0.1) is 0 Å². The molecule has 1 atom stereocenters. The van der Waals surface area contributed by atoms with Crippen molar-refractivity contribution in [3.63, 3.8) is 0 Å². The van der Waals surface area contributed by atoms with Crippen molar-refractivity contribution in [2.75, 3.05) is 0 Å². The maximum absolute atomic E-state index is 3.45. The number of allylic oxidation sites excluding steroid dienone is 1. The van der Waals surface area contributed by atoms with E-state index in [9.17, 15) is 0 Å². The van der Waals surface area contributed by atoms with Gasteiger partial charge in [-0.3, -0.25) is 0 Å². The van der Waals surface area contributed by atoms with Crippen molar-refractivity contribution in [3.8, 4) is 0 Å². The average Bonchev–Trinajstić information content (AvgIpc) is 2.38. The highest BCUT2D eigenvalue weighted by molar-refractivity contribution is 9.10. The van der Waals surface area contributed by atoms with Crippen LogP contribution in [0.4, 0.5) is 0 Å². The van der Waals surface area contributed by atoms with Crippen molar-refractivity contribution in [3.05, 3.63) is 74.7 Å². The molecule has 18 heavy (non-hydrogen) atoms. The molecule has 0 N–H and O–H groups in total. The van der Waals surface area contributed by atoms with Gasteiger partial charge in [0.15, 0.2) is 0 Å². The second-order valence-electron chi connectivity index (χ2n) is 4.25. The lowest BCUT2D eigenvalue weighted by atomic mass is 10.00. The van der Waals surface area contributed by atoms with E-state index in [4.69, 9.17) is 0 Å². The molecule has 92 valence electrons. The molecule has 0 heterocycles. The predicted octanol–water partition coefficient (Wildman–Crippen LogP) is 6.03. The van der Waals surface area contributed by atoms with Gasteiger partial charge < -0.3 is 0 Å². The first-order chi connectivity index (χ1) is 8.65. The fourth-order valence-electron chi connectivity index (χ4n) is 1.71. The van der Waals surface area contributed by atoms with E-state index in [1.807, 2.05) is 0 Å². The monoisotopic (exact) mass is 364 g/mol. The minimum atomic E-state index is 0.418. The Labute approximate surface area is 125 Å². The first kappa shape index (κ1) is 13.6. The second-order valence-corrected chi connectivity index (χ2v) is 6.08. The fourth-order valence-corrected chi connectivity index (χ4v) is 2.24. The number of halogens is 2. The fraction of sp³-hybridized carbons (Fsp3) is 0.125. The zero-order valence-electron chi connectivity index (χ0n) is 10.1. The van der Waals surface area contributed by atoms with Gasteiger partial charge in [-0.05, 0) is 41.3 Å². The summed E-state index contributed by atoms with van der Waals surface area (Å²) in [6.07, 6.45) is 4.39. The molecule has 0 saturated carbocycles. The van der Waals surface area contributed by atoms with E-state index >= 15 is 0 Å². The minimum absolute atomic E-state index is 0.418. The molecule has 0 fully saturated rings. The molecule has 0 amide bonds. The maximum Gasteiger partial charge on any atom is 0.0175 e. The van der Waals surface area contributed by atoms with Crippen molar-refractivity contribution in [2.45, 2.75) is 12.8 Å². The molecule has 0 radical (unpaired) electrons. The molecule has 0 aliphatic heterocycles. The first-order valence-corrected chi connectivity index (χ1v) is 7.43. The van der Waals surface area contributed by atoms with Crippen molar-refractivity contribution in [1.82, 2.24) is 0 Å². The van der Waals surface area contributed by atoms with Gasteiger partial charge in [0, 0.05) is 8.95 Å². The topological polar surface area (TPSA) is 0 Å². The van der Waals surface area contributed by atoms with Crippen LogP contribution in [0, 0.1) is 0 Å². The highest BCUT2D eigenvalue weighted by Gasteiger charge is 2.00. The molecular formula is C16H14Br2. The third-order valence-electron chi connectivity index (χ3n) is 2.84. The van der Waals surface area contributed by atoms with Crippen LogP contribution < -0.4 is 0 Å².